The first-order valence-corrected chi connectivity index (χ1v) is 8.22. The Morgan fingerprint density at radius 3 is 2.43 bits per heavy atom. The Bertz CT molecular complexity index is 655. The molecule has 3 rings (SSSR count). The molecule has 1 saturated heterocycles. The fourth-order valence-electron chi connectivity index (χ4n) is 3.09. The predicted molar refractivity (Wildman–Crippen MR) is 92.2 cm³/mol. The molecule has 0 aliphatic carbocycles. The zero-order valence-electron chi connectivity index (χ0n) is 13.3. The van der Waals surface area contributed by atoms with Crippen molar-refractivity contribution in [2.24, 2.45) is 5.92 Å². The maximum Gasteiger partial charge on any atom is 0.0995 e. The lowest BCUT2D eigenvalue weighted by Crippen LogP contribution is -2.35. The first-order chi connectivity index (χ1) is 11.4. The van der Waals surface area contributed by atoms with E-state index >= 15 is 0 Å². The van der Waals surface area contributed by atoms with Gasteiger partial charge >= 0.3 is 0 Å². The Kier molecular flexibility index (Phi) is 5.29. The fraction of sp³-hybridized carbons (Fsp3) is 0.350. The molecule has 118 valence electrons. The van der Waals surface area contributed by atoms with Crippen molar-refractivity contribution in [1.82, 2.24) is 0 Å². The van der Waals surface area contributed by atoms with Crippen LogP contribution < -0.4 is 4.90 Å². The molecule has 0 atom stereocenters. The second-order valence-electron chi connectivity index (χ2n) is 6.05. The van der Waals surface area contributed by atoms with Crippen molar-refractivity contribution in [1.29, 1.82) is 5.26 Å². The van der Waals surface area contributed by atoms with E-state index in [2.05, 4.69) is 41.3 Å². The average molecular weight is 306 g/mol. The van der Waals surface area contributed by atoms with Gasteiger partial charge in [-0.05, 0) is 42.5 Å². The number of benzene rings is 2. The smallest absolute Gasteiger partial charge is 0.0995 e. The minimum atomic E-state index is 0.530. The van der Waals surface area contributed by atoms with Crippen LogP contribution in [0.5, 0.6) is 0 Å². The Labute approximate surface area is 138 Å². The molecule has 3 heteroatoms. The van der Waals surface area contributed by atoms with Crippen LogP contribution in [0, 0.1) is 17.2 Å². The van der Waals surface area contributed by atoms with Gasteiger partial charge in [0.15, 0.2) is 0 Å². The van der Waals surface area contributed by atoms with Crippen molar-refractivity contribution in [3.05, 3.63) is 65.7 Å². The first-order valence-electron chi connectivity index (χ1n) is 8.22. The summed E-state index contributed by atoms with van der Waals surface area (Å²) >= 11 is 0. The largest absolute Gasteiger partial charge is 0.376 e. The fourth-order valence-corrected chi connectivity index (χ4v) is 3.09. The third-order valence-corrected chi connectivity index (χ3v) is 4.48. The van der Waals surface area contributed by atoms with Gasteiger partial charge in [-0.15, -0.1) is 0 Å². The van der Waals surface area contributed by atoms with Crippen molar-refractivity contribution in [3.8, 4) is 6.07 Å². The molecular formula is C20H22N2O. The molecule has 2 aromatic rings. The molecule has 1 aliphatic rings. The number of hydrogen-bond donors (Lipinski definition) is 0. The van der Waals surface area contributed by atoms with E-state index in [-0.39, 0.29) is 0 Å². The number of nitrogens with zero attached hydrogens (tertiary/aromatic N) is 2. The second kappa shape index (κ2) is 7.80. The van der Waals surface area contributed by atoms with Crippen LogP contribution in [0.15, 0.2) is 54.6 Å². The molecule has 0 N–H and O–H groups in total. The SMILES string of the molecule is N#Cc1ccccc1COCC1CCN(c2ccccc2)CC1. The lowest BCUT2D eigenvalue weighted by atomic mass is 9.97. The summed E-state index contributed by atoms with van der Waals surface area (Å²) in [5.41, 5.74) is 3.01. The zero-order chi connectivity index (χ0) is 15.9. The highest BCUT2D eigenvalue weighted by molar-refractivity contribution is 5.46. The molecule has 0 radical (unpaired) electrons. The lowest BCUT2D eigenvalue weighted by Gasteiger charge is -2.33. The van der Waals surface area contributed by atoms with E-state index in [1.807, 2.05) is 24.3 Å². The maximum atomic E-state index is 9.09. The van der Waals surface area contributed by atoms with Crippen LogP contribution in [-0.4, -0.2) is 19.7 Å². The molecule has 0 bridgehead atoms. The normalized spacial score (nSPS) is 15.3. The molecule has 1 aliphatic heterocycles. The summed E-state index contributed by atoms with van der Waals surface area (Å²) in [5, 5.41) is 9.09. The summed E-state index contributed by atoms with van der Waals surface area (Å²) in [6.45, 7) is 3.49. The second-order valence-corrected chi connectivity index (χ2v) is 6.05. The third kappa shape index (κ3) is 4.12. The Morgan fingerprint density at radius 2 is 1.70 bits per heavy atom. The van der Waals surface area contributed by atoms with E-state index in [1.165, 1.54) is 5.69 Å². The molecule has 1 heterocycles. The van der Waals surface area contributed by atoms with Crippen molar-refractivity contribution < 1.29 is 4.74 Å². The van der Waals surface area contributed by atoms with Crippen LogP contribution >= 0.6 is 0 Å². The number of ether oxygens (including phenoxy) is 1. The molecule has 0 aromatic heterocycles. The first kappa shape index (κ1) is 15.6. The predicted octanol–water partition coefficient (Wildman–Crippen LogP) is 3.99. The van der Waals surface area contributed by atoms with Gasteiger partial charge in [0.05, 0.1) is 18.2 Å². The van der Waals surface area contributed by atoms with Crippen LogP contribution in [-0.2, 0) is 11.3 Å². The number of rotatable bonds is 5. The summed E-state index contributed by atoms with van der Waals surface area (Å²) in [6.07, 6.45) is 2.32. The van der Waals surface area contributed by atoms with Crippen LogP contribution in [0.3, 0.4) is 0 Å². The van der Waals surface area contributed by atoms with E-state index in [0.29, 0.717) is 18.1 Å². The molecule has 0 saturated carbocycles. The third-order valence-electron chi connectivity index (χ3n) is 4.48. The Balaban J connectivity index is 1.44. The average Bonchev–Trinajstić information content (AvgIpc) is 2.63. The summed E-state index contributed by atoms with van der Waals surface area (Å²) in [5.74, 6) is 0.615. The maximum absolute atomic E-state index is 9.09. The number of piperidine rings is 1. The van der Waals surface area contributed by atoms with Gasteiger partial charge in [-0.25, -0.2) is 0 Å². The van der Waals surface area contributed by atoms with Crippen molar-refractivity contribution in [3.63, 3.8) is 0 Å². The van der Waals surface area contributed by atoms with Crippen LogP contribution in [0.1, 0.15) is 24.0 Å². The van der Waals surface area contributed by atoms with Crippen molar-refractivity contribution >= 4 is 5.69 Å². The van der Waals surface area contributed by atoms with Crippen LogP contribution in [0.25, 0.3) is 0 Å². The molecular weight excluding hydrogens is 284 g/mol. The molecule has 0 spiro atoms. The molecule has 3 nitrogen and oxygen atoms in total. The van der Waals surface area contributed by atoms with Crippen molar-refractivity contribution in [2.45, 2.75) is 19.4 Å². The Morgan fingerprint density at radius 1 is 1.00 bits per heavy atom. The van der Waals surface area contributed by atoms with Gasteiger partial charge in [0.25, 0.3) is 0 Å². The van der Waals surface area contributed by atoms with E-state index in [0.717, 1.165) is 38.1 Å². The number of para-hydroxylation sites is 1. The highest BCUT2D eigenvalue weighted by atomic mass is 16.5. The summed E-state index contributed by atoms with van der Waals surface area (Å²) in [4.78, 5) is 2.45. The highest BCUT2D eigenvalue weighted by Crippen LogP contribution is 2.23. The van der Waals surface area contributed by atoms with Gasteiger partial charge in [0.1, 0.15) is 0 Å². The minimum Gasteiger partial charge on any atom is -0.376 e. The lowest BCUT2D eigenvalue weighted by molar-refractivity contribution is 0.0785. The summed E-state index contributed by atoms with van der Waals surface area (Å²) in [6, 6.07) is 20.5. The van der Waals surface area contributed by atoms with Gasteiger partial charge in [-0.2, -0.15) is 5.26 Å². The highest BCUT2D eigenvalue weighted by Gasteiger charge is 2.19. The topological polar surface area (TPSA) is 36.3 Å². The summed E-state index contributed by atoms with van der Waals surface area (Å²) in [7, 11) is 0. The van der Waals surface area contributed by atoms with Gasteiger partial charge in [-0.3, -0.25) is 0 Å². The van der Waals surface area contributed by atoms with E-state index < -0.39 is 0 Å². The number of hydrogen-bond acceptors (Lipinski definition) is 3. The zero-order valence-corrected chi connectivity index (χ0v) is 13.3. The molecule has 0 amide bonds. The molecule has 23 heavy (non-hydrogen) atoms. The molecule has 1 fully saturated rings. The van der Waals surface area contributed by atoms with Crippen molar-refractivity contribution in [2.75, 3.05) is 24.6 Å². The monoisotopic (exact) mass is 306 g/mol. The van der Waals surface area contributed by atoms with E-state index in [1.54, 1.807) is 0 Å². The molecule has 2 aromatic carbocycles. The van der Waals surface area contributed by atoms with Gasteiger partial charge in [0, 0.05) is 25.4 Å². The Hall–Kier alpha value is -2.31. The van der Waals surface area contributed by atoms with Gasteiger partial charge in [0.2, 0.25) is 0 Å². The van der Waals surface area contributed by atoms with Crippen LogP contribution in [0.2, 0.25) is 0 Å². The summed E-state index contributed by atoms with van der Waals surface area (Å²) < 4.78 is 5.87. The van der Waals surface area contributed by atoms with Gasteiger partial charge < -0.3 is 9.64 Å². The molecule has 0 unspecified atom stereocenters. The van der Waals surface area contributed by atoms with Crippen LogP contribution in [0.4, 0.5) is 5.69 Å². The number of anilines is 1. The minimum absolute atomic E-state index is 0.530. The van der Waals surface area contributed by atoms with E-state index in [4.69, 9.17) is 10.00 Å². The quantitative estimate of drug-likeness (QED) is 0.838. The van der Waals surface area contributed by atoms with E-state index in [9.17, 15) is 0 Å². The standard InChI is InChI=1S/C20H22N2O/c21-14-18-6-4-5-7-19(18)16-23-15-17-10-12-22(13-11-17)20-8-2-1-3-9-20/h1-9,17H,10-13,15-16H2. The van der Waals surface area contributed by atoms with Gasteiger partial charge in [-0.1, -0.05) is 36.4 Å². The number of nitriles is 1.